The van der Waals surface area contributed by atoms with E-state index in [1.807, 2.05) is 7.05 Å². The van der Waals surface area contributed by atoms with Gasteiger partial charge >= 0.3 is 6.09 Å². The fraction of sp³-hybridized carbons (Fsp3) is 0.857. The molecule has 2 heterocycles. The van der Waals surface area contributed by atoms with E-state index in [9.17, 15) is 14.9 Å². The minimum atomic E-state index is -0.871. The number of nitriles is 1. The molecule has 1 saturated carbocycles. The van der Waals surface area contributed by atoms with E-state index >= 15 is 0 Å². The van der Waals surface area contributed by atoms with Crippen molar-refractivity contribution in [1.29, 1.82) is 5.26 Å². The zero-order chi connectivity index (χ0) is 21.4. The van der Waals surface area contributed by atoms with Gasteiger partial charge in [0, 0.05) is 13.1 Å². The Labute approximate surface area is 179 Å². The minimum absolute atomic E-state index is 0.286. The van der Waals surface area contributed by atoms with Gasteiger partial charge in [-0.25, -0.2) is 4.79 Å². The third-order valence-corrected chi connectivity index (χ3v) is 6.50. The molecule has 3 aliphatic rings. The Kier molecular flexibility index (Phi) is 8.31. The molecule has 0 aromatic carbocycles. The number of hydrogen-bond donors (Lipinski definition) is 2. The van der Waals surface area contributed by atoms with Crippen LogP contribution < -0.4 is 10.6 Å². The monoisotopic (exact) mass is 421 g/mol. The van der Waals surface area contributed by atoms with Crippen molar-refractivity contribution < 1.29 is 19.2 Å². The van der Waals surface area contributed by atoms with Crippen LogP contribution in [0.5, 0.6) is 0 Å². The smallest absolute Gasteiger partial charge is 0.379 e. The van der Waals surface area contributed by atoms with Gasteiger partial charge in [0.2, 0.25) is 5.91 Å². The molecule has 0 radical (unpaired) electrons. The lowest BCUT2D eigenvalue weighted by atomic mass is 9.84. The summed E-state index contributed by atoms with van der Waals surface area (Å²) in [5, 5.41) is 17.1. The first-order valence-electron chi connectivity index (χ1n) is 11.2. The number of amides is 2. The molecule has 2 saturated heterocycles. The van der Waals surface area contributed by atoms with Gasteiger partial charge in [-0.2, -0.15) is 5.26 Å². The maximum atomic E-state index is 13.2. The molecule has 2 aliphatic heterocycles. The van der Waals surface area contributed by atoms with Crippen molar-refractivity contribution in [3.05, 3.63) is 0 Å². The van der Waals surface area contributed by atoms with Gasteiger partial charge in [0.15, 0.2) is 0 Å². The highest BCUT2D eigenvalue weighted by atomic mass is 16.7. The summed E-state index contributed by atoms with van der Waals surface area (Å²) < 4.78 is 5.27. The molecule has 9 nitrogen and oxygen atoms in total. The number of morpholine rings is 1. The summed E-state index contributed by atoms with van der Waals surface area (Å²) in [6.45, 7) is 3.56. The lowest BCUT2D eigenvalue weighted by Crippen LogP contribution is -2.59. The molecule has 0 spiro atoms. The second-order valence-corrected chi connectivity index (χ2v) is 8.84. The summed E-state index contributed by atoms with van der Waals surface area (Å²) in [4.78, 5) is 33.2. The molecule has 2 N–H and O–H groups in total. The van der Waals surface area contributed by atoms with Crippen molar-refractivity contribution in [1.82, 2.24) is 20.6 Å². The van der Waals surface area contributed by atoms with Crippen LogP contribution in [-0.4, -0.2) is 80.0 Å². The van der Waals surface area contributed by atoms with E-state index in [1.54, 1.807) is 5.06 Å². The van der Waals surface area contributed by atoms with Crippen LogP contribution in [0, 0.1) is 17.2 Å². The number of hydroxylamine groups is 2. The van der Waals surface area contributed by atoms with E-state index in [1.165, 1.54) is 6.42 Å². The van der Waals surface area contributed by atoms with E-state index in [4.69, 9.17) is 9.57 Å². The van der Waals surface area contributed by atoms with E-state index < -0.39 is 17.7 Å². The predicted octanol–water partition coefficient (Wildman–Crippen LogP) is 1.40. The lowest BCUT2D eigenvalue weighted by molar-refractivity contribution is -0.147. The van der Waals surface area contributed by atoms with E-state index in [-0.39, 0.29) is 5.91 Å². The second-order valence-electron chi connectivity index (χ2n) is 8.84. The van der Waals surface area contributed by atoms with Crippen molar-refractivity contribution in [3.63, 3.8) is 0 Å². The molecule has 168 valence electrons. The number of nitrogens with one attached hydrogen (secondary N) is 2. The molecule has 0 bridgehead atoms. The van der Waals surface area contributed by atoms with Gasteiger partial charge in [0.05, 0.1) is 32.4 Å². The molecule has 1 atom stereocenters. The van der Waals surface area contributed by atoms with Crippen LogP contribution >= 0.6 is 0 Å². The molecule has 3 fully saturated rings. The van der Waals surface area contributed by atoms with Crippen molar-refractivity contribution in [2.45, 2.75) is 62.9 Å². The van der Waals surface area contributed by atoms with Crippen LogP contribution in [-0.2, 0) is 14.4 Å². The zero-order valence-corrected chi connectivity index (χ0v) is 18.0. The Balaban J connectivity index is 1.62. The highest BCUT2D eigenvalue weighted by Crippen LogP contribution is 2.28. The first-order valence-corrected chi connectivity index (χ1v) is 11.2. The summed E-state index contributed by atoms with van der Waals surface area (Å²) in [6.07, 6.45) is 6.80. The molecular formula is C21H35N5O4. The number of carbonyl (C=O) groups is 2. The SMILES string of the molecule is CN1CCC(C#N)(NC(=O)C(CC2CCCCC2)NC(=O)ON2CCOCC2)CC1. The highest BCUT2D eigenvalue weighted by Gasteiger charge is 2.38. The first-order chi connectivity index (χ1) is 14.5. The Hall–Kier alpha value is -1.89. The number of hydrogen-bond acceptors (Lipinski definition) is 7. The third kappa shape index (κ3) is 6.56. The minimum Gasteiger partial charge on any atom is -0.379 e. The summed E-state index contributed by atoms with van der Waals surface area (Å²) in [6, 6.07) is 1.62. The van der Waals surface area contributed by atoms with E-state index in [0.29, 0.717) is 51.5 Å². The van der Waals surface area contributed by atoms with Crippen LogP contribution in [0.25, 0.3) is 0 Å². The Bertz CT molecular complexity index is 617. The fourth-order valence-electron chi connectivity index (χ4n) is 4.50. The summed E-state index contributed by atoms with van der Waals surface area (Å²) >= 11 is 0. The second kappa shape index (κ2) is 10.9. The number of ether oxygens (including phenoxy) is 1. The largest absolute Gasteiger partial charge is 0.426 e. The lowest BCUT2D eigenvalue weighted by Gasteiger charge is -2.37. The molecule has 1 unspecified atom stereocenters. The van der Waals surface area contributed by atoms with Gasteiger partial charge in [-0.3, -0.25) is 4.79 Å². The summed E-state index contributed by atoms with van der Waals surface area (Å²) in [5.41, 5.74) is -0.871. The Morgan fingerprint density at radius 1 is 1.17 bits per heavy atom. The first kappa shape index (κ1) is 22.8. The van der Waals surface area contributed by atoms with Crippen LogP contribution in [0.3, 0.4) is 0 Å². The molecule has 30 heavy (non-hydrogen) atoms. The van der Waals surface area contributed by atoms with Crippen LogP contribution in [0.15, 0.2) is 0 Å². The topological polar surface area (TPSA) is 107 Å². The van der Waals surface area contributed by atoms with Crippen molar-refractivity contribution in [3.8, 4) is 6.07 Å². The maximum absolute atomic E-state index is 13.2. The number of carbonyl (C=O) groups excluding carboxylic acids is 2. The average Bonchev–Trinajstić information content (AvgIpc) is 2.76. The predicted molar refractivity (Wildman–Crippen MR) is 110 cm³/mol. The number of likely N-dealkylation sites (tertiary alicyclic amines) is 1. The quantitative estimate of drug-likeness (QED) is 0.668. The van der Waals surface area contributed by atoms with Gasteiger partial charge in [-0.1, -0.05) is 32.1 Å². The third-order valence-electron chi connectivity index (χ3n) is 6.50. The standard InChI is InChI=1S/C21H35N5O4/c1-25-9-7-21(16-22,8-10-25)24-19(27)18(15-17-5-3-2-4-6-17)23-20(28)30-26-11-13-29-14-12-26/h17-18H,2-15H2,1H3,(H,23,28)(H,24,27). The summed E-state index contributed by atoms with van der Waals surface area (Å²) in [7, 11) is 2.01. The van der Waals surface area contributed by atoms with Crippen molar-refractivity contribution in [2.75, 3.05) is 46.4 Å². The fourth-order valence-corrected chi connectivity index (χ4v) is 4.50. The van der Waals surface area contributed by atoms with E-state index in [2.05, 4.69) is 21.6 Å². The van der Waals surface area contributed by atoms with Crippen LogP contribution in [0.2, 0.25) is 0 Å². The number of nitrogens with zero attached hydrogens (tertiary/aromatic N) is 3. The van der Waals surface area contributed by atoms with E-state index in [0.717, 1.165) is 38.8 Å². The van der Waals surface area contributed by atoms with Crippen molar-refractivity contribution in [2.24, 2.45) is 5.92 Å². The molecule has 2 amide bonds. The zero-order valence-electron chi connectivity index (χ0n) is 18.0. The van der Waals surface area contributed by atoms with Crippen molar-refractivity contribution >= 4 is 12.0 Å². The van der Waals surface area contributed by atoms with Crippen LogP contribution in [0.4, 0.5) is 4.79 Å². The Morgan fingerprint density at radius 3 is 2.47 bits per heavy atom. The molecular weight excluding hydrogens is 386 g/mol. The average molecular weight is 422 g/mol. The van der Waals surface area contributed by atoms with Gasteiger partial charge < -0.3 is 25.1 Å². The van der Waals surface area contributed by atoms with Crippen LogP contribution in [0.1, 0.15) is 51.4 Å². The Morgan fingerprint density at radius 2 is 1.83 bits per heavy atom. The normalized spacial score (nSPS) is 24.4. The number of piperidine rings is 1. The van der Waals surface area contributed by atoms with Gasteiger partial charge in [-0.05, 0) is 32.2 Å². The van der Waals surface area contributed by atoms with Gasteiger partial charge in [-0.15, -0.1) is 5.06 Å². The molecule has 0 aromatic heterocycles. The molecule has 1 aliphatic carbocycles. The molecule has 0 aromatic rings. The van der Waals surface area contributed by atoms with Gasteiger partial charge in [0.25, 0.3) is 0 Å². The highest BCUT2D eigenvalue weighted by molar-refractivity contribution is 5.86. The van der Waals surface area contributed by atoms with Gasteiger partial charge in [0.1, 0.15) is 11.6 Å². The summed E-state index contributed by atoms with van der Waals surface area (Å²) in [5.74, 6) is 0.110. The molecule has 3 rings (SSSR count). The molecule has 9 heteroatoms. The number of rotatable bonds is 6. The maximum Gasteiger partial charge on any atom is 0.426 e.